The van der Waals surface area contributed by atoms with Crippen molar-refractivity contribution in [3.63, 3.8) is 0 Å². The van der Waals surface area contributed by atoms with Crippen LogP contribution in [0.5, 0.6) is 0 Å². The third-order valence-corrected chi connectivity index (χ3v) is 5.02. The predicted octanol–water partition coefficient (Wildman–Crippen LogP) is 2.67. The summed E-state index contributed by atoms with van der Waals surface area (Å²) >= 11 is 5.94. The Labute approximate surface area is 189 Å². The fraction of sp³-hybridized carbons (Fsp3) is 0.261. The van der Waals surface area contributed by atoms with Crippen LogP contribution in [0.1, 0.15) is 40.2 Å². The molecule has 0 bridgehead atoms. The molecule has 168 valence electrons. The van der Waals surface area contributed by atoms with Crippen molar-refractivity contribution < 1.29 is 19.4 Å². The lowest BCUT2D eigenvalue weighted by Gasteiger charge is -2.21. The van der Waals surface area contributed by atoms with E-state index in [4.69, 9.17) is 21.1 Å². The molecule has 3 rings (SSSR count). The largest absolute Gasteiger partial charge is 0.451 e. The van der Waals surface area contributed by atoms with E-state index in [0.717, 1.165) is 5.56 Å². The van der Waals surface area contributed by atoms with Gasteiger partial charge in [-0.3, -0.25) is 14.3 Å². The summed E-state index contributed by atoms with van der Waals surface area (Å²) in [6.07, 6.45) is -1.12. The maximum atomic E-state index is 12.8. The van der Waals surface area contributed by atoms with Crippen LogP contribution in [-0.2, 0) is 22.6 Å². The van der Waals surface area contributed by atoms with E-state index < -0.39 is 29.9 Å². The Bertz CT molecular complexity index is 1190. The molecule has 0 saturated heterocycles. The van der Waals surface area contributed by atoms with Crippen molar-refractivity contribution in [2.75, 3.05) is 13.2 Å². The summed E-state index contributed by atoms with van der Waals surface area (Å²) in [6.45, 7) is 1.35. The number of aliphatic hydroxyl groups excluding tert-OH is 1. The molecule has 0 spiro atoms. The molecule has 0 saturated carbocycles. The van der Waals surface area contributed by atoms with Gasteiger partial charge in [-0.15, -0.1) is 0 Å². The smallest absolute Gasteiger partial charge is 0.338 e. The SMILES string of the molecule is CCOCn1c(Cc2ccccc2)c(C(CO)OC(=O)c2cccc(Cl)c2)c(=O)[nH]c1=O. The van der Waals surface area contributed by atoms with Crippen LogP contribution in [0.15, 0.2) is 64.2 Å². The van der Waals surface area contributed by atoms with Crippen molar-refractivity contribution in [1.82, 2.24) is 9.55 Å². The van der Waals surface area contributed by atoms with Gasteiger partial charge < -0.3 is 14.6 Å². The van der Waals surface area contributed by atoms with Gasteiger partial charge in [0.05, 0.1) is 17.7 Å². The minimum Gasteiger partial charge on any atom is -0.451 e. The van der Waals surface area contributed by atoms with Crippen molar-refractivity contribution in [3.8, 4) is 0 Å². The quantitative estimate of drug-likeness (QED) is 0.477. The number of H-pyrrole nitrogens is 1. The molecular formula is C23H23ClN2O6. The molecule has 0 aliphatic heterocycles. The van der Waals surface area contributed by atoms with Gasteiger partial charge in [0, 0.05) is 23.7 Å². The van der Waals surface area contributed by atoms with Gasteiger partial charge in [0.25, 0.3) is 5.56 Å². The van der Waals surface area contributed by atoms with Gasteiger partial charge in [-0.25, -0.2) is 9.59 Å². The van der Waals surface area contributed by atoms with Crippen molar-refractivity contribution in [2.24, 2.45) is 0 Å². The Morgan fingerprint density at radius 3 is 2.56 bits per heavy atom. The lowest BCUT2D eigenvalue weighted by Crippen LogP contribution is -2.38. The summed E-state index contributed by atoms with van der Waals surface area (Å²) in [5, 5.41) is 10.3. The number of carbonyl (C=O) groups is 1. The van der Waals surface area contributed by atoms with Crippen molar-refractivity contribution >= 4 is 17.6 Å². The van der Waals surface area contributed by atoms with Crippen LogP contribution in [0.2, 0.25) is 5.02 Å². The second-order valence-corrected chi connectivity index (χ2v) is 7.36. The Hall–Kier alpha value is -3.20. The van der Waals surface area contributed by atoms with E-state index in [1.807, 2.05) is 30.3 Å². The summed E-state index contributed by atoms with van der Waals surface area (Å²) in [4.78, 5) is 40.2. The number of aromatic nitrogens is 2. The highest BCUT2D eigenvalue weighted by atomic mass is 35.5. The van der Waals surface area contributed by atoms with Crippen molar-refractivity contribution in [3.05, 3.63) is 103 Å². The van der Waals surface area contributed by atoms with Crippen LogP contribution in [0.3, 0.4) is 0 Å². The van der Waals surface area contributed by atoms with Gasteiger partial charge in [-0.1, -0.05) is 48.0 Å². The zero-order valence-electron chi connectivity index (χ0n) is 17.4. The zero-order chi connectivity index (χ0) is 23.1. The summed E-state index contributed by atoms with van der Waals surface area (Å²) in [7, 11) is 0. The minimum absolute atomic E-state index is 0.0222. The number of hydrogen-bond acceptors (Lipinski definition) is 6. The van der Waals surface area contributed by atoms with Gasteiger partial charge in [-0.2, -0.15) is 0 Å². The van der Waals surface area contributed by atoms with E-state index in [9.17, 15) is 19.5 Å². The fourth-order valence-corrected chi connectivity index (χ4v) is 3.45. The van der Waals surface area contributed by atoms with Crippen LogP contribution in [-0.4, -0.2) is 33.8 Å². The van der Waals surface area contributed by atoms with E-state index in [0.29, 0.717) is 11.6 Å². The van der Waals surface area contributed by atoms with E-state index in [1.165, 1.54) is 16.7 Å². The second kappa shape index (κ2) is 10.9. The van der Waals surface area contributed by atoms with Crippen LogP contribution in [0.25, 0.3) is 0 Å². The monoisotopic (exact) mass is 458 g/mol. The van der Waals surface area contributed by atoms with Crippen LogP contribution in [0.4, 0.5) is 0 Å². The second-order valence-electron chi connectivity index (χ2n) is 6.92. The molecule has 0 aliphatic rings. The first kappa shape index (κ1) is 23.5. The lowest BCUT2D eigenvalue weighted by atomic mass is 10.0. The first-order chi connectivity index (χ1) is 15.4. The molecule has 1 aromatic heterocycles. The fourth-order valence-electron chi connectivity index (χ4n) is 3.26. The molecule has 3 aromatic rings. The average Bonchev–Trinajstić information content (AvgIpc) is 2.78. The molecule has 2 aromatic carbocycles. The summed E-state index contributed by atoms with van der Waals surface area (Å²) < 4.78 is 12.1. The number of rotatable bonds is 9. The number of esters is 1. The Morgan fingerprint density at radius 1 is 1.16 bits per heavy atom. The maximum absolute atomic E-state index is 12.8. The summed E-state index contributed by atoms with van der Waals surface area (Å²) in [6, 6.07) is 15.3. The molecule has 1 heterocycles. The highest BCUT2D eigenvalue weighted by molar-refractivity contribution is 6.30. The molecule has 8 nitrogen and oxygen atoms in total. The molecule has 9 heteroatoms. The van der Waals surface area contributed by atoms with E-state index in [1.54, 1.807) is 19.1 Å². The molecule has 0 amide bonds. The Balaban J connectivity index is 2.08. The molecule has 2 N–H and O–H groups in total. The van der Waals surface area contributed by atoms with Gasteiger partial charge in [0.1, 0.15) is 6.73 Å². The summed E-state index contributed by atoms with van der Waals surface area (Å²) in [5.74, 6) is -0.765. The van der Waals surface area contributed by atoms with Crippen LogP contribution in [0, 0.1) is 0 Å². The number of benzene rings is 2. The zero-order valence-corrected chi connectivity index (χ0v) is 18.2. The van der Waals surface area contributed by atoms with E-state index in [-0.39, 0.29) is 30.0 Å². The molecule has 0 fully saturated rings. The Kier molecular flexibility index (Phi) is 7.99. The topological polar surface area (TPSA) is 111 Å². The van der Waals surface area contributed by atoms with Crippen molar-refractivity contribution in [2.45, 2.75) is 26.2 Å². The molecule has 0 radical (unpaired) electrons. The Morgan fingerprint density at radius 2 is 1.91 bits per heavy atom. The number of nitrogens with zero attached hydrogens (tertiary/aromatic N) is 1. The minimum atomic E-state index is -1.31. The lowest BCUT2D eigenvalue weighted by molar-refractivity contribution is 0.0119. The molecule has 1 atom stereocenters. The number of hydrogen-bond donors (Lipinski definition) is 2. The van der Waals surface area contributed by atoms with Gasteiger partial charge in [-0.05, 0) is 30.7 Å². The maximum Gasteiger partial charge on any atom is 0.338 e. The molecule has 1 unspecified atom stereocenters. The predicted molar refractivity (Wildman–Crippen MR) is 119 cm³/mol. The summed E-state index contributed by atoms with van der Waals surface area (Å²) in [5.41, 5.74) is -0.147. The number of carbonyl (C=O) groups excluding carboxylic acids is 1. The number of halogens is 1. The highest BCUT2D eigenvalue weighted by Gasteiger charge is 2.26. The molecule has 32 heavy (non-hydrogen) atoms. The van der Waals surface area contributed by atoms with Crippen molar-refractivity contribution in [1.29, 1.82) is 0 Å². The van der Waals surface area contributed by atoms with Gasteiger partial charge >= 0.3 is 11.7 Å². The third-order valence-electron chi connectivity index (χ3n) is 4.78. The number of aliphatic hydroxyl groups is 1. The normalized spacial score (nSPS) is 11.8. The first-order valence-electron chi connectivity index (χ1n) is 9.99. The average molecular weight is 459 g/mol. The van der Waals surface area contributed by atoms with Crippen LogP contribution < -0.4 is 11.2 Å². The van der Waals surface area contributed by atoms with Gasteiger partial charge in [0.2, 0.25) is 0 Å². The van der Waals surface area contributed by atoms with Crippen LogP contribution >= 0.6 is 11.6 Å². The van der Waals surface area contributed by atoms with E-state index >= 15 is 0 Å². The highest BCUT2D eigenvalue weighted by Crippen LogP contribution is 2.22. The molecular weight excluding hydrogens is 436 g/mol. The number of aromatic amines is 1. The third kappa shape index (κ3) is 5.53. The van der Waals surface area contributed by atoms with Gasteiger partial charge in [0.15, 0.2) is 6.10 Å². The number of nitrogens with one attached hydrogen (secondary N) is 1. The first-order valence-corrected chi connectivity index (χ1v) is 10.4. The van der Waals surface area contributed by atoms with E-state index in [2.05, 4.69) is 4.98 Å². The molecule has 0 aliphatic carbocycles. The number of ether oxygens (including phenoxy) is 2. The standard InChI is InChI=1S/C23H23ClN2O6/c1-2-31-14-26-18(11-15-7-4-3-5-8-15)20(21(28)25-23(26)30)19(13-27)32-22(29)16-9-6-10-17(24)12-16/h3-10,12,19,27H,2,11,13-14H2,1H3,(H,25,28,30).